The average molecular weight is 259 g/mol. The molecule has 2 rings (SSSR count). The summed E-state index contributed by atoms with van der Waals surface area (Å²) in [5.41, 5.74) is 1.94. The van der Waals surface area contributed by atoms with Crippen molar-refractivity contribution in [2.75, 3.05) is 6.54 Å². The SMILES string of the molecule is CC(C)(C)CCC(CNC1CC1)Cc1ccccc1. The fraction of sp³-hybridized carbons (Fsp3) is 0.667. The molecule has 0 saturated heterocycles. The van der Waals surface area contributed by atoms with E-state index in [0.29, 0.717) is 5.41 Å². The van der Waals surface area contributed by atoms with Crippen molar-refractivity contribution in [3.8, 4) is 0 Å². The van der Waals surface area contributed by atoms with E-state index < -0.39 is 0 Å². The summed E-state index contributed by atoms with van der Waals surface area (Å²) in [6, 6.07) is 11.8. The molecule has 1 nitrogen and oxygen atoms in total. The molecule has 0 bridgehead atoms. The number of hydrogen-bond acceptors (Lipinski definition) is 1. The van der Waals surface area contributed by atoms with E-state index in [4.69, 9.17) is 0 Å². The molecule has 1 atom stereocenters. The Kier molecular flexibility index (Phi) is 5.04. The molecule has 0 radical (unpaired) electrons. The normalized spacial score (nSPS) is 17.4. The lowest BCUT2D eigenvalue weighted by Crippen LogP contribution is -2.27. The summed E-state index contributed by atoms with van der Waals surface area (Å²) >= 11 is 0. The molecule has 0 aromatic heterocycles. The van der Waals surface area contributed by atoms with Gasteiger partial charge in [-0.3, -0.25) is 0 Å². The number of rotatable bonds is 7. The van der Waals surface area contributed by atoms with E-state index >= 15 is 0 Å². The lowest BCUT2D eigenvalue weighted by Gasteiger charge is -2.23. The van der Waals surface area contributed by atoms with Gasteiger partial charge in [-0.2, -0.15) is 0 Å². The Morgan fingerprint density at radius 3 is 2.42 bits per heavy atom. The Labute approximate surface area is 118 Å². The molecule has 0 amide bonds. The van der Waals surface area contributed by atoms with Crippen LogP contribution >= 0.6 is 0 Å². The van der Waals surface area contributed by atoms with Gasteiger partial charge in [-0.15, -0.1) is 0 Å². The third kappa shape index (κ3) is 6.24. The summed E-state index contributed by atoms with van der Waals surface area (Å²) in [5, 5.41) is 3.71. The van der Waals surface area contributed by atoms with Crippen molar-refractivity contribution in [2.24, 2.45) is 11.3 Å². The fourth-order valence-electron chi connectivity index (χ4n) is 2.48. The minimum absolute atomic E-state index is 0.453. The first-order valence-corrected chi connectivity index (χ1v) is 7.80. The van der Waals surface area contributed by atoms with Crippen molar-refractivity contribution in [2.45, 2.75) is 58.9 Å². The molecule has 106 valence electrons. The summed E-state index contributed by atoms with van der Waals surface area (Å²) in [6.07, 6.45) is 6.64. The predicted octanol–water partition coefficient (Wildman–Crippen LogP) is 4.42. The zero-order valence-corrected chi connectivity index (χ0v) is 12.8. The maximum Gasteiger partial charge on any atom is 0.00683 e. The highest BCUT2D eigenvalue weighted by molar-refractivity contribution is 5.15. The van der Waals surface area contributed by atoms with Gasteiger partial charge in [0.1, 0.15) is 0 Å². The highest BCUT2D eigenvalue weighted by Gasteiger charge is 2.22. The molecule has 1 saturated carbocycles. The maximum atomic E-state index is 3.71. The van der Waals surface area contributed by atoms with E-state index in [1.54, 1.807) is 0 Å². The van der Waals surface area contributed by atoms with Gasteiger partial charge in [-0.05, 0) is 55.5 Å². The summed E-state index contributed by atoms with van der Waals surface area (Å²) in [6.45, 7) is 8.23. The van der Waals surface area contributed by atoms with E-state index in [1.165, 1.54) is 44.2 Å². The Balaban J connectivity index is 1.84. The monoisotopic (exact) mass is 259 g/mol. The first kappa shape index (κ1) is 14.6. The Morgan fingerprint density at radius 1 is 1.16 bits per heavy atom. The van der Waals surface area contributed by atoms with Gasteiger partial charge in [0.15, 0.2) is 0 Å². The van der Waals surface area contributed by atoms with Crippen LogP contribution in [0.3, 0.4) is 0 Å². The van der Waals surface area contributed by atoms with Crippen LogP contribution in [-0.4, -0.2) is 12.6 Å². The second-order valence-electron chi connectivity index (χ2n) is 7.34. The largest absolute Gasteiger partial charge is 0.314 e. The molecule has 0 heterocycles. The van der Waals surface area contributed by atoms with Crippen molar-refractivity contribution >= 4 is 0 Å². The molecule has 1 unspecified atom stereocenters. The summed E-state index contributed by atoms with van der Waals surface area (Å²) in [4.78, 5) is 0. The smallest absolute Gasteiger partial charge is 0.00683 e. The van der Waals surface area contributed by atoms with Crippen LogP contribution in [-0.2, 0) is 6.42 Å². The van der Waals surface area contributed by atoms with Gasteiger partial charge in [0.2, 0.25) is 0 Å². The first-order chi connectivity index (χ1) is 9.03. The molecule has 1 aromatic carbocycles. The van der Waals surface area contributed by atoms with E-state index in [2.05, 4.69) is 56.4 Å². The predicted molar refractivity (Wildman–Crippen MR) is 83.3 cm³/mol. The van der Waals surface area contributed by atoms with Gasteiger partial charge in [-0.1, -0.05) is 51.1 Å². The van der Waals surface area contributed by atoms with Crippen LogP contribution in [0.4, 0.5) is 0 Å². The maximum absolute atomic E-state index is 3.71. The molecular weight excluding hydrogens is 230 g/mol. The van der Waals surface area contributed by atoms with E-state index in [-0.39, 0.29) is 0 Å². The molecule has 1 heteroatoms. The molecule has 0 aliphatic heterocycles. The van der Waals surface area contributed by atoms with Crippen molar-refractivity contribution in [1.29, 1.82) is 0 Å². The Hall–Kier alpha value is -0.820. The third-order valence-electron chi connectivity index (χ3n) is 3.94. The average Bonchev–Trinajstić information content (AvgIpc) is 3.17. The summed E-state index contributed by atoms with van der Waals surface area (Å²) in [7, 11) is 0. The minimum Gasteiger partial charge on any atom is -0.314 e. The van der Waals surface area contributed by atoms with Crippen LogP contribution in [0.5, 0.6) is 0 Å². The first-order valence-electron chi connectivity index (χ1n) is 7.80. The molecule has 1 aliphatic rings. The van der Waals surface area contributed by atoms with Gasteiger partial charge in [0, 0.05) is 6.04 Å². The van der Waals surface area contributed by atoms with E-state index in [9.17, 15) is 0 Å². The number of hydrogen-bond donors (Lipinski definition) is 1. The molecule has 19 heavy (non-hydrogen) atoms. The van der Waals surface area contributed by atoms with Gasteiger partial charge < -0.3 is 5.32 Å². The molecule has 1 fully saturated rings. The molecule has 1 N–H and O–H groups in total. The van der Waals surface area contributed by atoms with Gasteiger partial charge in [-0.25, -0.2) is 0 Å². The third-order valence-corrected chi connectivity index (χ3v) is 3.94. The van der Waals surface area contributed by atoms with Gasteiger partial charge >= 0.3 is 0 Å². The van der Waals surface area contributed by atoms with Crippen molar-refractivity contribution in [3.63, 3.8) is 0 Å². The molecule has 0 spiro atoms. The number of nitrogens with one attached hydrogen (secondary N) is 1. The zero-order chi connectivity index (χ0) is 13.7. The molecule has 1 aliphatic carbocycles. The lowest BCUT2D eigenvalue weighted by molar-refractivity contribution is 0.313. The Morgan fingerprint density at radius 2 is 1.84 bits per heavy atom. The van der Waals surface area contributed by atoms with Crippen LogP contribution in [0, 0.1) is 11.3 Å². The van der Waals surface area contributed by atoms with E-state index in [1.807, 2.05) is 0 Å². The fourth-order valence-corrected chi connectivity index (χ4v) is 2.48. The second kappa shape index (κ2) is 6.56. The Bertz CT molecular complexity index is 359. The summed E-state index contributed by atoms with van der Waals surface area (Å²) in [5.74, 6) is 0.780. The molecule has 1 aromatic rings. The van der Waals surface area contributed by atoms with E-state index in [0.717, 1.165) is 12.0 Å². The van der Waals surface area contributed by atoms with Crippen LogP contribution in [0.1, 0.15) is 52.0 Å². The van der Waals surface area contributed by atoms with Crippen molar-refractivity contribution in [3.05, 3.63) is 35.9 Å². The number of benzene rings is 1. The van der Waals surface area contributed by atoms with Crippen molar-refractivity contribution < 1.29 is 0 Å². The van der Waals surface area contributed by atoms with Crippen LogP contribution in [0.15, 0.2) is 30.3 Å². The minimum atomic E-state index is 0.453. The molecular formula is C18H29N. The van der Waals surface area contributed by atoms with Gasteiger partial charge in [0.05, 0.1) is 0 Å². The van der Waals surface area contributed by atoms with Gasteiger partial charge in [0.25, 0.3) is 0 Å². The van der Waals surface area contributed by atoms with Crippen molar-refractivity contribution in [1.82, 2.24) is 5.32 Å². The highest BCUT2D eigenvalue weighted by atomic mass is 14.9. The lowest BCUT2D eigenvalue weighted by atomic mass is 9.84. The highest BCUT2D eigenvalue weighted by Crippen LogP contribution is 2.26. The van der Waals surface area contributed by atoms with Crippen LogP contribution < -0.4 is 5.32 Å². The second-order valence-corrected chi connectivity index (χ2v) is 7.34. The standard InChI is InChI=1S/C18H29N/c1-18(2,3)12-11-16(14-19-17-9-10-17)13-15-7-5-4-6-8-15/h4-8,16-17,19H,9-14H2,1-3H3. The summed E-state index contributed by atoms with van der Waals surface area (Å²) < 4.78 is 0. The quantitative estimate of drug-likeness (QED) is 0.764. The van der Waals surface area contributed by atoms with Crippen LogP contribution in [0.2, 0.25) is 0 Å². The topological polar surface area (TPSA) is 12.0 Å². The van der Waals surface area contributed by atoms with Crippen LogP contribution in [0.25, 0.3) is 0 Å². The zero-order valence-electron chi connectivity index (χ0n) is 12.8.